The first-order chi connectivity index (χ1) is 14.1. The lowest BCUT2D eigenvalue weighted by atomic mass is 9.88. The number of carbonyl (C=O) groups is 1. The Labute approximate surface area is 171 Å². The second-order valence-corrected chi connectivity index (χ2v) is 6.60. The monoisotopic (exact) mass is 384 g/mol. The summed E-state index contributed by atoms with van der Waals surface area (Å²) in [6, 6.07) is 26.4. The highest BCUT2D eigenvalue weighted by molar-refractivity contribution is 5.98. The van der Waals surface area contributed by atoms with Gasteiger partial charge in [-0.25, -0.2) is 4.79 Å². The Morgan fingerprint density at radius 3 is 1.97 bits per heavy atom. The average molecular weight is 384 g/mol. The van der Waals surface area contributed by atoms with E-state index in [1.807, 2.05) is 42.5 Å². The fraction of sp³-hybridized carbons (Fsp3) is 0.115. The minimum atomic E-state index is -0.953. The number of hydrogen-bond donors (Lipinski definition) is 1. The molecule has 0 bridgehead atoms. The van der Waals surface area contributed by atoms with Crippen LogP contribution in [0.15, 0.2) is 84.9 Å². The third-order valence-electron chi connectivity index (χ3n) is 4.77. The molecule has 146 valence electrons. The van der Waals surface area contributed by atoms with E-state index in [0.29, 0.717) is 0 Å². The third-order valence-corrected chi connectivity index (χ3v) is 4.77. The first-order valence-electron chi connectivity index (χ1n) is 9.56. The lowest BCUT2D eigenvalue weighted by Crippen LogP contribution is -1.95. The Kier molecular flexibility index (Phi) is 6.64. The summed E-state index contributed by atoms with van der Waals surface area (Å²) in [4.78, 5) is 10.8. The number of benzene rings is 3. The molecule has 0 saturated carbocycles. The zero-order valence-corrected chi connectivity index (χ0v) is 16.6. The summed E-state index contributed by atoms with van der Waals surface area (Å²) >= 11 is 0. The van der Waals surface area contributed by atoms with Gasteiger partial charge >= 0.3 is 5.97 Å². The molecule has 3 nitrogen and oxygen atoms in total. The summed E-state index contributed by atoms with van der Waals surface area (Å²) in [5, 5.41) is 8.84. The molecular formula is C26H24O3. The van der Waals surface area contributed by atoms with Gasteiger partial charge in [-0.1, -0.05) is 73.7 Å². The molecule has 0 atom stereocenters. The van der Waals surface area contributed by atoms with Crippen LogP contribution in [0.4, 0.5) is 0 Å². The minimum Gasteiger partial charge on any atom is -0.497 e. The van der Waals surface area contributed by atoms with Crippen LogP contribution in [0.3, 0.4) is 0 Å². The van der Waals surface area contributed by atoms with Crippen LogP contribution in [0.25, 0.3) is 17.2 Å². The van der Waals surface area contributed by atoms with E-state index in [0.717, 1.165) is 40.5 Å². The smallest absolute Gasteiger partial charge is 0.328 e. The molecule has 0 aliphatic rings. The van der Waals surface area contributed by atoms with Gasteiger partial charge in [-0.05, 0) is 58.0 Å². The van der Waals surface area contributed by atoms with E-state index < -0.39 is 5.97 Å². The fourth-order valence-electron chi connectivity index (χ4n) is 3.37. The number of carboxylic acids is 1. The van der Waals surface area contributed by atoms with Crippen LogP contribution in [0.5, 0.6) is 5.75 Å². The summed E-state index contributed by atoms with van der Waals surface area (Å²) < 4.78 is 5.32. The van der Waals surface area contributed by atoms with E-state index in [9.17, 15) is 4.79 Å². The average Bonchev–Trinajstić information content (AvgIpc) is 2.77. The maximum absolute atomic E-state index is 10.8. The second kappa shape index (κ2) is 9.56. The van der Waals surface area contributed by atoms with Crippen molar-refractivity contribution in [3.63, 3.8) is 0 Å². The van der Waals surface area contributed by atoms with Crippen molar-refractivity contribution in [1.29, 1.82) is 0 Å². The highest BCUT2D eigenvalue weighted by Gasteiger charge is 2.13. The van der Waals surface area contributed by atoms with Crippen LogP contribution in [-0.2, 0) is 4.79 Å². The maximum Gasteiger partial charge on any atom is 0.328 e. The predicted octanol–water partition coefficient (Wildman–Crippen LogP) is 6.16. The highest BCUT2D eigenvalue weighted by atomic mass is 16.5. The molecule has 3 rings (SSSR count). The first kappa shape index (κ1) is 20.2. The van der Waals surface area contributed by atoms with Gasteiger partial charge in [0.05, 0.1) is 7.11 Å². The fourth-order valence-corrected chi connectivity index (χ4v) is 3.37. The van der Waals surface area contributed by atoms with E-state index in [1.165, 1.54) is 11.1 Å². The number of ether oxygens (including phenoxy) is 1. The molecule has 29 heavy (non-hydrogen) atoms. The SMILES string of the molecule is CCC(=C(c1ccc(C=CC(=O)O)cc1)c1ccc(OC)cc1)c1ccccc1. The zero-order chi connectivity index (χ0) is 20.6. The summed E-state index contributed by atoms with van der Waals surface area (Å²) in [5.41, 5.74) is 6.65. The summed E-state index contributed by atoms with van der Waals surface area (Å²) in [6.45, 7) is 2.16. The number of hydrogen-bond acceptors (Lipinski definition) is 2. The van der Waals surface area contributed by atoms with Gasteiger partial charge in [0.15, 0.2) is 0 Å². The molecule has 0 aliphatic heterocycles. The van der Waals surface area contributed by atoms with E-state index in [1.54, 1.807) is 13.2 Å². The van der Waals surface area contributed by atoms with E-state index >= 15 is 0 Å². The van der Waals surface area contributed by atoms with Crippen molar-refractivity contribution in [2.45, 2.75) is 13.3 Å². The number of aliphatic carboxylic acids is 1. The summed E-state index contributed by atoms with van der Waals surface area (Å²) in [7, 11) is 1.66. The predicted molar refractivity (Wildman–Crippen MR) is 119 cm³/mol. The molecule has 3 aromatic rings. The lowest BCUT2D eigenvalue weighted by Gasteiger charge is -2.17. The molecule has 0 radical (unpaired) electrons. The topological polar surface area (TPSA) is 46.5 Å². The molecule has 0 saturated heterocycles. The molecule has 1 N–H and O–H groups in total. The molecule has 0 amide bonds. The van der Waals surface area contributed by atoms with Gasteiger partial charge in [0.2, 0.25) is 0 Å². The number of allylic oxidation sites excluding steroid dienone is 1. The molecular weight excluding hydrogens is 360 g/mol. The van der Waals surface area contributed by atoms with Gasteiger partial charge in [0, 0.05) is 6.08 Å². The van der Waals surface area contributed by atoms with Gasteiger partial charge < -0.3 is 9.84 Å². The highest BCUT2D eigenvalue weighted by Crippen LogP contribution is 2.35. The quantitative estimate of drug-likeness (QED) is 0.392. The summed E-state index contributed by atoms with van der Waals surface area (Å²) in [5.74, 6) is -0.134. The van der Waals surface area contributed by atoms with Crippen molar-refractivity contribution in [3.05, 3.63) is 107 Å². The van der Waals surface area contributed by atoms with Crippen LogP contribution in [0, 0.1) is 0 Å². The van der Waals surface area contributed by atoms with Crippen molar-refractivity contribution in [3.8, 4) is 5.75 Å². The van der Waals surface area contributed by atoms with Crippen LogP contribution in [0.2, 0.25) is 0 Å². The van der Waals surface area contributed by atoms with Gasteiger partial charge in [0.1, 0.15) is 5.75 Å². The maximum atomic E-state index is 10.8. The molecule has 3 aromatic carbocycles. The van der Waals surface area contributed by atoms with Crippen molar-refractivity contribution in [2.24, 2.45) is 0 Å². The van der Waals surface area contributed by atoms with Gasteiger partial charge in [-0.15, -0.1) is 0 Å². The van der Waals surface area contributed by atoms with Crippen molar-refractivity contribution in [2.75, 3.05) is 7.11 Å². The third kappa shape index (κ3) is 5.02. The van der Waals surface area contributed by atoms with Crippen molar-refractivity contribution >= 4 is 23.2 Å². The van der Waals surface area contributed by atoms with Gasteiger partial charge in [0.25, 0.3) is 0 Å². The summed E-state index contributed by atoms with van der Waals surface area (Å²) in [6.07, 6.45) is 3.63. The second-order valence-electron chi connectivity index (χ2n) is 6.60. The first-order valence-corrected chi connectivity index (χ1v) is 9.56. The molecule has 0 aliphatic carbocycles. The molecule has 0 fully saturated rings. The molecule has 0 heterocycles. The number of rotatable bonds is 7. The van der Waals surface area contributed by atoms with Crippen LogP contribution in [0.1, 0.15) is 35.6 Å². The van der Waals surface area contributed by atoms with Gasteiger partial charge in [-0.3, -0.25) is 0 Å². The molecule has 0 aromatic heterocycles. The normalized spacial score (nSPS) is 11.9. The van der Waals surface area contributed by atoms with E-state index in [2.05, 4.69) is 43.3 Å². The van der Waals surface area contributed by atoms with E-state index in [-0.39, 0.29) is 0 Å². The van der Waals surface area contributed by atoms with Crippen LogP contribution >= 0.6 is 0 Å². The lowest BCUT2D eigenvalue weighted by molar-refractivity contribution is -0.131. The Morgan fingerprint density at radius 2 is 1.45 bits per heavy atom. The standard InChI is InChI=1S/C26H24O3/c1-3-24(20-7-5-4-6-8-20)26(22-14-16-23(29-2)17-15-22)21-12-9-19(10-13-21)11-18-25(27)28/h4-18H,3H2,1-2H3,(H,27,28). The number of carboxylic acid groups (broad SMARTS) is 1. The van der Waals surface area contributed by atoms with Crippen LogP contribution < -0.4 is 4.74 Å². The van der Waals surface area contributed by atoms with E-state index in [4.69, 9.17) is 9.84 Å². The number of methoxy groups -OCH3 is 1. The van der Waals surface area contributed by atoms with Crippen molar-refractivity contribution < 1.29 is 14.6 Å². The molecule has 0 spiro atoms. The minimum absolute atomic E-state index is 0.819. The van der Waals surface area contributed by atoms with Gasteiger partial charge in [-0.2, -0.15) is 0 Å². The van der Waals surface area contributed by atoms with Crippen molar-refractivity contribution in [1.82, 2.24) is 0 Å². The Hall–Kier alpha value is -3.59. The van der Waals surface area contributed by atoms with Crippen LogP contribution in [-0.4, -0.2) is 18.2 Å². The molecule has 3 heteroatoms. The Bertz CT molecular complexity index is 1010. The Morgan fingerprint density at radius 1 is 0.862 bits per heavy atom. The largest absolute Gasteiger partial charge is 0.497 e. The Balaban J connectivity index is 2.14. The molecule has 0 unspecified atom stereocenters. The zero-order valence-electron chi connectivity index (χ0n) is 16.6.